The van der Waals surface area contributed by atoms with Crippen molar-refractivity contribution in [1.29, 1.82) is 0 Å². The molecule has 0 saturated heterocycles. The molecular weight excluding hydrogens is 140 g/mol. The van der Waals surface area contributed by atoms with Gasteiger partial charge in [0.15, 0.2) is 0 Å². The largest absolute Gasteiger partial charge is 0.493 e. The second kappa shape index (κ2) is 3.77. The van der Waals surface area contributed by atoms with Crippen LogP contribution in [0.2, 0.25) is 0 Å². The van der Waals surface area contributed by atoms with Gasteiger partial charge in [-0.2, -0.15) is 0 Å². The molecule has 0 amide bonds. The van der Waals surface area contributed by atoms with Gasteiger partial charge in [0, 0.05) is 6.42 Å². The molecule has 0 radical (unpaired) electrons. The molecule has 66 valence electrons. The molecule has 0 aromatic heterocycles. The van der Waals surface area contributed by atoms with Crippen LogP contribution in [0.5, 0.6) is 0 Å². The zero-order chi connectivity index (χ0) is 9.07. The van der Waals surface area contributed by atoms with Crippen LogP contribution in [0.3, 0.4) is 0 Å². The van der Waals surface area contributed by atoms with E-state index in [0.717, 1.165) is 12.2 Å². The average Bonchev–Trinajstić information content (AvgIpc) is 1.85. The Morgan fingerprint density at radius 1 is 1.64 bits per heavy atom. The average molecular weight is 158 g/mol. The predicted octanol–water partition coefficient (Wildman–Crippen LogP) is 2.09. The number of ether oxygens (including phenoxy) is 1. The van der Waals surface area contributed by atoms with E-state index in [1.54, 1.807) is 13.8 Å². The topological polar surface area (TPSA) is 29.5 Å². The zero-order valence-corrected chi connectivity index (χ0v) is 7.85. The van der Waals surface area contributed by atoms with Crippen LogP contribution >= 0.6 is 0 Å². The maximum atomic E-state index is 9.46. The first-order chi connectivity index (χ1) is 4.88. The summed E-state index contributed by atoms with van der Waals surface area (Å²) in [4.78, 5) is 0. The maximum absolute atomic E-state index is 9.46. The summed E-state index contributed by atoms with van der Waals surface area (Å²) in [5, 5.41) is 9.46. The normalized spacial score (nSPS) is 14.3. The maximum Gasteiger partial charge on any atom is 0.123 e. The molecule has 0 heterocycles. The molecule has 11 heavy (non-hydrogen) atoms. The van der Waals surface area contributed by atoms with Crippen molar-refractivity contribution in [3.05, 3.63) is 12.3 Å². The summed E-state index contributed by atoms with van der Waals surface area (Å²) in [6.45, 7) is 10.9. The van der Waals surface area contributed by atoms with Crippen LogP contribution in [0.15, 0.2) is 12.3 Å². The van der Waals surface area contributed by atoms with Crippen LogP contribution in [0.25, 0.3) is 0 Å². The lowest BCUT2D eigenvalue weighted by Crippen LogP contribution is -2.35. The molecule has 0 aromatic rings. The van der Waals surface area contributed by atoms with E-state index in [9.17, 15) is 5.11 Å². The van der Waals surface area contributed by atoms with Crippen molar-refractivity contribution < 1.29 is 9.84 Å². The quantitative estimate of drug-likeness (QED) is 0.635. The molecule has 0 bridgehead atoms. The van der Waals surface area contributed by atoms with Crippen molar-refractivity contribution >= 4 is 0 Å². The number of hydrogen-bond acceptors (Lipinski definition) is 2. The van der Waals surface area contributed by atoms with Gasteiger partial charge in [-0.3, -0.25) is 0 Å². The van der Waals surface area contributed by atoms with Gasteiger partial charge in [-0.1, -0.05) is 13.5 Å². The Bertz CT molecular complexity index is 133. The van der Waals surface area contributed by atoms with Crippen molar-refractivity contribution in [3.63, 3.8) is 0 Å². The van der Waals surface area contributed by atoms with Crippen LogP contribution in [0.1, 0.15) is 34.1 Å². The highest BCUT2D eigenvalue weighted by Gasteiger charge is 2.23. The lowest BCUT2D eigenvalue weighted by molar-refractivity contribution is -0.0548. The summed E-state index contributed by atoms with van der Waals surface area (Å²) >= 11 is 0. The van der Waals surface area contributed by atoms with E-state index in [4.69, 9.17) is 4.74 Å². The molecule has 1 atom stereocenters. The second-order valence-electron chi connectivity index (χ2n) is 3.31. The lowest BCUT2D eigenvalue weighted by atomic mass is 10.0. The highest BCUT2D eigenvalue weighted by Crippen LogP contribution is 2.15. The summed E-state index contributed by atoms with van der Waals surface area (Å²) in [6.07, 6.45) is 0.593. The van der Waals surface area contributed by atoms with Crippen molar-refractivity contribution in [2.75, 3.05) is 0 Å². The SMILES string of the molecule is C=C(CC)OC(C)C(C)(C)O. The van der Waals surface area contributed by atoms with Gasteiger partial charge in [0.05, 0.1) is 11.4 Å². The van der Waals surface area contributed by atoms with Crippen LogP contribution < -0.4 is 0 Å². The molecule has 1 N–H and O–H groups in total. The fourth-order valence-electron chi connectivity index (χ4n) is 0.478. The number of allylic oxidation sites excluding steroid dienone is 1. The molecular formula is C9H18O2. The Labute approximate surface area is 68.9 Å². The molecule has 0 saturated carbocycles. The first kappa shape index (κ1) is 10.5. The van der Waals surface area contributed by atoms with Crippen molar-refractivity contribution in [2.45, 2.75) is 45.8 Å². The van der Waals surface area contributed by atoms with E-state index in [0.29, 0.717) is 0 Å². The van der Waals surface area contributed by atoms with Crippen LogP contribution in [0, 0.1) is 0 Å². The third-order valence-electron chi connectivity index (χ3n) is 1.73. The van der Waals surface area contributed by atoms with Gasteiger partial charge < -0.3 is 9.84 Å². The molecule has 1 unspecified atom stereocenters. The minimum Gasteiger partial charge on any atom is -0.493 e. The van der Waals surface area contributed by atoms with E-state index in [1.165, 1.54) is 0 Å². The minimum atomic E-state index is -0.794. The van der Waals surface area contributed by atoms with Crippen molar-refractivity contribution in [3.8, 4) is 0 Å². The fourth-order valence-corrected chi connectivity index (χ4v) is 0.478. The standard InChI is InChI=1S/C9H18O2/c1-6-7(2)11-8(3)9(4,5)10/h8,10H,2,6H2,1,3-5H3. The molecule has 2 nitrogen and oxygen atoms in total. The second-order valence-corrected chi connectivity index (χ2v) is 3.31. The number of hydrogen-bond donors (Lipinski definition) is 1. The fraction of sp³-hybridized carbons (Fsp3) is 0.778. The van der Waals surface area contributed by atoms with Crippen LogP contribution in [0.4, 0.5) is 0 Å². The Morgan fingerprint density at radius 3 is 2.36 bits per heavy atom. The van der Waals surface area contributed by atoms with Gasteiger partial charge in [-0.25, -0.2) is 0 Å². The summed E-state index contributed by atoms with van der Waals surface area (Å²) in [5.74, 6) is 0.722. The van der Waals surface area contributed by atoms with E-state index in [1.807, 2.05) is 13.8 Å². The van der Waals surface area contributed by atoms with Gasteiger partial charge >= 0.3 is 0 Å². The zero-order valence-electron chi connectivity index (χ0n) is 7.85. The Morgan fingerprint density at radius 2 is 2.09 bits per heavy atom. The predicted molar refractivity (Wildman–Crippen MR) is 46.3 cm³/mol. The number of rotatable bonds is 4. The summed E-state index contributed by atoms with van der Waals surface area (Å²) < 4.78 is 5.32. The molecule has 0 aliphatic carbocycles. The first-order valence-corrected chi connectivity index (χ1v) is 3.94. The summed E-state index contributed by atoms with van der Waals surface area (Å²) in [6, 6.07) is 0. The summed E-state index contributed by atoms with van der Waals surface area (Å²) in [5.41, 5.74) is -0.794. The van der Waals surface area contributed by atoms with Crippen LogP contribution in [-0.2, 0) is 4.74 Å². The van der Waals surface area contributed by atoms with Gasteiger partial charge in [0.2, 0.25) is 0 Å². The minimum absolute atomic E-state index is 0.199. The monoisotopic (exact) mass is 158 g/mol. The third kappa shape index (κ3) is 4.04. The smallest absolute Gasteiger partial charge is 0.123 e. The molecule has 0 rings (SSSR count). The molecule has 0 spiro atoms. The highest BCUT2D eigenvalue weighted by atomic mass is 16.5. The Balaban J connectivity index is 3.87. The number of aliphatic hydroxyl groups is 1. The van der Waals surface area contributed by atoms with Gasteiger partial charge in [-0.15, -0.1) is 0 Å². The third-order valence-corrected chi connectivity index (χ3v) is 1.73. The van der Waals surface area contributed by atoms with E-state index >= 15 is 0 Å². The van der Waals surface area contributed by atoms with E-state index in [2.05, 4.69) is 6.58 Å². The first-order valence-electron chi connectivity index (χ1n) is 3.94. The molecule has 0 aliphatic rings. The van der Waals surface area contributed by atoms with E-state index < -0.39 is 5.60 Å². The highest BCUT2D eigenvalue weighted by molar-refractivity contribution is 4.85. The lowest BCUT2D eigenvalue weighted by Gasteiger charge is -2.27. The molecule has 2 heteroatoms. The summed E-state index contributed by atoms with van der Waals surface area (Å²) in [7, 11) is 0. The van der Waals surface area contributed by atoms with Crippen molar-refractivity contribution in [1.82, 2.24) is 0 Å². The molecule has 0 aliphatic heterocycles. The van der Waals surface area contributed by atoms with Gasteiger partial charge in [-0.05, 0) is 20.8 Å². The van der Waals surface area contributed by atoms with Crippen molar-refractivity contribution in [2.24, 2.45) is 0 Å². The molecule has 0 aromatic carbocycles. The van der Waals surface area contributed by atoms with Crippen LogP contribution in [-0.4, -0.2) is 16.8 Å². The van der Waals surface area contributed by atoms with Gasteiger partial charge in [0.1, 0.15) is 6.10 Å². The van der Waals surface area contributed by atoms with Gasteiger partial charge in [0.25, 0.3) is 0 Å². The Kier molecular flexibility index (Phi) is 3.59. The van der Waals surface area contributed by atoms with E-state index in [-0.39, 0.29) is 6.10 Å². The molecule has 0 fully saturated rings. The Hall–Kier alpha value is -0.500.